The van der Waals surface area contributed by atoms with Gasteiger partial charge in [0.2, 0.25) is 0 Å². The number of hydrogen-bond acceptors (Lipinski definition) is 2. The van der Waals surface area contributed by atoms with Gasteiger partial charge in [0.05, 0.1) is 11.8 Å². The monoisotopic (exact) mass is 217 g/mol. The van der Waals surface area contributed by atoms with Crippen molar-refractivity contribution in [1.82, 2.24) is 4.90 Å². The molecule has 0 spiro atoms. The van der Waals surface area contributed by atoms with Crippen LogP contribution in [0, 0.1) is 5.41 Å². The van der Waals surface area contributed by atoms with Crippen LogP contribution in [0.4, 0.5) is 0 Å². The van der Waals surface area contributed by atoms with E-state index in [2.05, 4.69) is 17.0 Å². The van der Waals surface area contributed by atoms with Crippen LogP contribution in [0.5, 0.6) is 0 Å². The highest BCUT2D eigenvalue weighted by Gasteiger charge is 2.20. The summed E-state index contributed by atoms with van der Waals surface area (Å²) in [6.07, 6.45) is 2.55. The Morgan fingerprint density at radius 2 is 1.88 bits per heavy atom. The van der Waals surface area contributed by atoms with E-state index in [1.54, 1.807) is 0 Å². The number of nitrogens with two attached hydrogens (primary N) is 1. The minimum atomic E-state index is 0.0549. The highest BCUT2D eigenvalue weighted by Crippen LogP contribution is 2.19. The molecule has 0 saturated carbocycles. The molecule has 3 heteroatoms. The molecule has 1 atom stereocenters. The molecule has 1 fully saturated rings. The molecule has 0 amide bonds. The van der Waals surface area contributed by atoms with Gasteiger partial charge in [-0.05, 0) is 31.5 Å². The van der Waals surface area contributed by atoms with Crippen molar-refractivity contribution in [2.75, 3.05) is 19.6 Å². The standard InChI is InChI=1S/C13H19N3/c14-13(15)12(10-16-8-4-5-9-16)11-6-2-1-3-7-11/h1-3,6-7,12H,4-5,8-10H2,(H3,14,15). The molecule has 16 heavy (non-hydrogen) atoms. The van der Waals surface area contributed by atoms with Crippen LogP contribution in [-0.2, 0) is 0 Å². The fourth-order valence-corrected chi connectivity index (χ4v) is 2.29. The zero-order chi connectivity index (χ0) is 11.4. The van der Waals surface area contributed by atoms with Gasteiger partial charge in [0.15, 0.2) is 0 Å². The summed E-state index contributed by atoms with van der Waals surface area (Å²) >= 11 is 0. The van der Waals surface area contributed by atoms with Crippen LogP contribution in [0.3, 0.4) is 0 Å². The van der Waals surface area contributed by atoms with E-state index in [1.807, 2.05) is 18.2 Å². The topological polar surface area (TPSA) is 53.1 Å². The molecule has 1 aliphatic rings. The molecule has 3 N–H and O–H groups in total. The lowest BCUT2D eigenvalue weighted by atomic mass is 9.97. The van der Waals surface area contributed by atoms with Crippen molar-refractivity contribution >= 4 is 5.84 Å². The van der Waals surface area contributed by atoms with E-state index in [9.17, 15) is 0 Å². The minimum absolute atomic E-state index is 0.0549. The van der Waals surface area contributed by atoms with E-state index in [-0.39, 0.29) is 11.8 Å². The predicted molar refractivity (Wildman–Crippen MR) is 66.8 cm³/mol. The molecule has 1 heterocycles. The minimum Gasteiger partial charge on any atom is -0.387 e. The van der Waals surface area contributed by atoms with Crippen LogP contribution in [0.1, 0.15) is 24.3 Å². The third kappa shape index (κ3) is 2.61. The van der Waals surface area contributed by atoms with Crippen LogP contribution in [-0.4, -0.2) is 30.4 Å². The number of amidine groups is 1. The zero-order valence-electron chi connectivity index (χ0n) is 9.52. The molecule has 86 valence electrons. The van der Waals surface area contributed by atoms with Gasteiger partial charge in [-0.15, -0.1) is 0 Å². The summed E-state index contributed by atoms with van der Waals surface area (Å²) in [6.45, 7) is 3.19. The number of likely N-dealkylation sites (tertiary alicyclic amines) is 1. The first kappa shape index (κ1) is 11.1. The van der Waals surface area contributed by atoms with Gasteiger partial charge in [0, 0.05) is 6.54 Å². The molecule has 3 nitrogen and oxygen atoms in total. The first-order valence-corrected chi connectivity index (χ1v) is 5.88. The van der Waals surface area contributed by atoms with Crippen molar-refractivity contribution in [2.45, 2.75) is 18.8 Å². The third-order valence-corrected chi connectivity index (χ3v) is 3.22. The van der Waals surface area contributed by atoms with Crippen molar-refractivity contribution in [3.05, 3.63) is 35.9 Å². The number of hydrogen-bond donors (Lipinski definition) is 2. The molecule has 0 aromatic heterocycles. The molecule has 1 unspecified atom stereocenters. The Bertz CT molecular complexity index is 341. The van der Waals surface area contributed by atoms with E-state index in [1.165, 1.54) is 12.8 Å². The van der Waals surface area contributed by atoms with Crippen molar-refractivity contribution in [1.29, 1.82) is 5.41 Å². The summed E-state index contributed by atoms with van der Waals surface area (Å²) in [5, 5.41) is 7.70. The van der Waals surface area contributed by atoms with Gasteiger partial charge in [0.25, 0.3) is 0 Å². The Kier molecular flexibility index (Phi) is 3.57. The van der Waals surface area contributed by atoms with Crippen molar-refractivity contribution in [2.24, 2.45) is 5.73 Å². The summed E-state index contributed by atoms with van der Waals surface area (Å²) < 4.78 is 0. The van der Waals surface area contributed by atoms with Crippen LogP contribution in [0.25, 0.3) is 0 Å². The van der Waals surface area contributed by atoms with E-state index in [4.69, 9.17) is 11.1 Å². The highest BCUT2D eigenvalue weighted by molar-refractivity contribution is 5.84. The average Bonchev–Trinajstić information content (AvgIpc) is 2.79. The molecule has 1 aromatic rings. The van der Waals surface area contributed by atoms with Crippen molar-refractivity contribution in [3.8, 4) is 0 Å². The van der Waals surface area contributed by atoms with Crippen molar-refractivity contribution < 1.29 is 0 Å². The van der Waals surface area contributed by atoms with Gasteiger partial charge < -0.3 is 10.6 Å². The van der Waals surface area contributed by atoms with Gasteiger partial charge in [-0.25, -0.2) is 0 Å². The second-order valence-electron chi connectivity index (χ2n) is 4.43. The van der Waals surface area contributed by atoms with E-state index in [0.29, 0.717) is 0 Å². The molecule has 0 radical (unpaired) electrons. The number of benzene rings is 1. The Labute approximate surface area is 96.8 Å². The largest absolute Gasteiger partial charge is 0.387 e. The average molecular weight is 217 g/mol. The second kappa shape index (κ2) is 5.12. The first-order chi connectivity index (χ1) is 7.77. The van der Waals surface area contributed by atoms with E-state index >= 15 is 0 Å². The Morgan fingerprint density at radius 1 is 1.25 bits per heavy atom. The molecule has 0 bridgehead atoms. The lowest BCUT2D eigenvalue weighted by molar-refractivity contribution is 0.334. The maximum atomic E-state index is 7.70. The first-order valence-electron chi connectivity index (χ1n) is 5.88. The molecular weight excluding hydrogens is 198 g/mol. The van der Waals surface area contributed by atoms with Gasteiger partial charge >= 0.3 is 0 Å². The molecule has 1 aliphatic heterocycles. The summed E-state index contributed by atoms with van der Waals surface area (Å²) in [4.78, 5) is 2.40. The van der Waals surface area contributed by atoms with Gasteiger partial charge in [-0.1, -0.05) is 30.3 Å². The Hall–Kier alpha value is -1.35. The highest BCUT2D eigenvalue weighted by atomic mass is 15.1. The molecular formula is C13H19N3. The summed E-state index contributed by atoms with van der Waals surface area (Å²) in [7, 11) is 0. The third-order valence-electron chi connectivity index (χ3n) is 3.22. The molecule has 0 aliphatic carbocycles. The van der Waals surface area contributed by atoms with Crippen LogP contribution >= 0.6 is 0 Å². The molecule has 1 saturated heterocycles. The number of rotatable bonds is 4. The molecule has 2 rings (SSSR count). The van der Waals surface area contributed by atoms with Crippen LogP contribution < -0.4 is 5.73 Å². The SMILES string of the molecule is N=C(N)C(CN1CCCC1)c1ccccc1. The second-order valence-corrected chi connectivity index (χ2v) is 4.43. The number of nitrogens with zero attached hydrogens (tertiary/aromatic N) is 1. The normalized spacial score (nSPS) is 18.5. The lowest BCUT2D eigenvalue weighted by Gasteiger charge is -2.22. The van der Waals surface area contributed by atoms with Gasteiger partial charge in [0.1, 0.15) is 0 Å². The quantitative estimate of drug-likeness (QED) is 0.597. The predicted octanol–water partition coefficient (Wildman–Crippen LogP) is 1.80. The van der Waals surface area contributed by atoms with Crippen LogP contribution in [0.15, 0.2) is 30.3 Å². The van der Waals surface area contributed by atoms with E-state index < -0.39 is 0 Å². The summed E-state index contributed by atoms with van der Waals surface area (Å²) in [5.74, 6) is 0.331. The fraction of sp³-hybridized carbons (Fsp3) is 0.462. The Balaban J connectivity index is 2.08. The van der Waals surface area contributed by atoms with Crippen molar-refractivity contribution in [3.63, 3.8) is 0 Å². The number of nitrogens with one attached hydrogen (secondary N) is 1. The summed E-state index contributed by atoms with van der Waals surface area (Å²) in [5.41, 5.74) is 6.86. The van der Waals surface area contributed by atoms with Crippen LogP contribution in [0.2, 0.25) is 0 Å². The molecule has 1 aromatic carbocycles. The van der Waals surface area contributed by atoms with Gasteiger partial charge in [-0.2, -0.15) is 0 Å². The summed E-state index contributed by atoms with van der Waals surface area (Å²) in [6, 6.07) is 10.1. The van der Waals surface area contributed by atoms with E-state index in [0.717, 1.165) is 25.2 Å². The maximum Gasteiger partial charge on any atom is 0.0995 e. The Morgan fingerprint density at radius 3 is 2.44 bits per heavy atom. The lowest BCUT2D eigenvalue weighted by Crippen LogP contribution is -2.32. The van der Waals surface area contributed by atoms with Gasteiger partial charge in [-0.3, -0.25) is 5.41 Å². The zero-order valence-corrected chi connectivity index (χ0v) is 9.52. The maximum absolute atomic E-state index is 7.70. The fourth-order valence-electron chi connectivity index (χ4n) is 2.29. The smallest absolute Gasteiger partial charge is 0.0995 e.